The topological polar surface area (TPSA) is 67.6 Å². The van der Waals surface area contributed by atoms with Crippen LogP contribution < -0.4 is 11.1 Å². The van der Waals surface area contributed by atoms with Crippen molar-refractivity contribution in [2.75, 3.05) is 44.3 Å². The maximum absolute atomic E-state index is 11.6. The number of hydrogen-bond acceptors (Lipinski definition) is 5. The number of likely N-dealkylation sites (tertiary alicyclic amines) is 1. The van der Waals surface area contributed by atoms with Crippen molar-refractivity contribution in [3.63, 3.8) is 0 Å². The van der Waals surface area contributed by atoms with Gasteiger partial charge in [0.1, 0.15) is 0 Å². The van der Waals surface area contributed by atoms with E-state index >= 15 is 0 Å². The van der Waals surface area contributed by atoms with E-state index in [1.807, 2.05) is 6.07 Å². The molecule has 0 saturated carbocycles. The number of carbonyl (C=O) groups excluding carboxylic acids is 1. The number of nitrogens with one attached hydrogen (secondary N) is 1. The molecule has 0 aliphatic carbocycles. The summed E-state index contributed by atoms with van der Waals surface area (Å²) in [5.74, 6) is 0.262. The van der Waals surface area contributed by atoms with Crippen LogP contribution in [0, 0.1) is 5.92 Å². The Morgan fingerprint density at radius 1 is 1.55 bits per heavy atom. The number of ether oxygens (including phenoxy) is 1. The molecule has 1 unspecified atom stereocenters. The number of benzene rings is 1. The highest BCUT2D eigenvalue weighted by molar-refractivity contribution is 5.96. The molecule has 1 aliphatic heterocycles. The lowest BCUT2D eigenvalue weighted by atomic mass is 10.1. The summed E-state index contributed by atoms with van der Waals surface area (Å²) in [6.07, 6.45) is 1.22. The van der Waals surface area contributed by atoms with Gasteiger partial charge in [-0.05, 0) is 43.6 Å². The van der Waals surface area contributed by atoms with Crippen molar-refractivity contribution in [1.29, 1.82) is 0 Å². The Bertz CT molecular complexity index is 476. The minimum absolute atomic E-state index is 0.399. The van der Waals surface area contributed by atoms with Gasteiger partial charge in [0.2, 0.25) is 0 Å². The molecule has 1 heterocycles. The lowest BCUT2D eigenvalue weighted by Gasteiger charge is -2.15. The molecule has 1 fully saturated rings. The number of methoxy groups -OCH3 is 1. The van der Waals surface area contributed by atoms with E-state index in [0.717, 1.165) is 25.3 Å². The molecule has 1 aliphatic rings. The highest BCUT2D eigenvalue weighted by Gasteiger charge is 2.20. The monoisotopic (exact) mass is 277 g/mol. The zero-order valence-corrected chi connectivity index (χ0v) is 12.2. The van der Waals surface area contributed by atoms with Crippen LogP contribution in [-0.4, -0.2) is 44.2 Å². The molecular weight excluding hydrogens is 254 g/mol. The molecule has 0 spiro atoms. The fourth-order valence-corrected chi connectivity index (χ4v) is 2.58. The summed E-state index contributed by atoms with van der Waals surface area (Å²) in [7, 11) is 1.36. The van der Waals surface area contributed by atoms with Crippen molar-refractivity contribution < 1.29 is 9.53 Å². The van der Waals surface area contributed by atoms with E-state index in [1.165, 1.54) is 20.1 Å². The van der Waals surface area contributed by atoms with E-state index < -0.39 is 5.97 Å². The van der Waals surface area contributed by atoms with E-state index in [-0.39, 0.29) is 0 Å². The van der Waals surface area contributed by atoms with E-state index in [1.54, 1.807) is 12.1 Å². The van der Waals surface area contributed by atoms with Crippen LogP contribution in [0.3, 0.4) is 0 Å². The Balaban J connectivity index is 1.95. The number of nitrogens with zero attached hydrogens (tertiary/aromatic N) is 1. The smallest absolute Gasteiger partial charge is 0.340 e. The standard InChI is InChI=1S/C15H23N3O2/c1-3-18-7-6-11(10-18)9-17-12-4-5-14(16)13(8-12)15(19)20-2/h4-5,8,11,17H,3,6-7,9-10,16H2,1-2H3. The first kappa shape index (κ1) is 14.7. The van der Waals surface area contributed by atoms with Crippen molar-refractivity contribution >= 4 is 17.3 Å². The number of anilines is 2. The Morgan fingerprint density at radius 3 is 3.00 bits per heavy atom. The molecule has 0 aromatic heterocycles. The zero-order chi connectivity index (χ0) is 14.5. The number of nitrogens with two attached hydrogens (primary N) is 1. The van der Waals surface area contributed by atoms with Crippen LogP contribution in [0.2, 0.25) is 0 Å². The van der Waals surface area contributed by atoms with Crippen LogP contribution in [-0.2, 0) is 4.74 Å². The first-order valence-electron chi connectivity index (χ1n) is 7.08. The van der Waals surface area contributed by atoms with E-state index in [0.29, 0.717) is 17.2 Å². The second kappa shape index (κ2) is 6.61. The fraction of sp³-hybridized carbons (Fsp3) is 0.533. The van der Waals surface area contributed by atoms with Crippen molar-refractivity contribution in [3.8, 4) is 0 Å². The van der Waals surface area contributed by atoms with E-state index in [4.69, 9.17) is 10.5 Å². The summed E-state index contributed by atoms with van der Waals surface area (Å²) < 4.78 is 4.73. The minimum atomic E-state index is -0.399. The lowest BCUT2D eigenvalue weighted by molar-refractivity contribution is 0.0602. The van der Waals surface area contributed by atoms with Gasteiger partial charge < -0.3 is 20.7 Å². The average molecular weight is 277 g/mol. The van der Waals surface area contributed by atoms with E-state index in [2.05, 4.69) is 17.1 Å². The lowest BCUT2D eigenvalue weighted by Crippen LogP contribution is -2.22. The normalized spacial score (nSPS) is 19.0. The predicted molar refractivity (Wildman–Crippen MR) is 80.9 cm³/mol. The molecule has 0 radical (unpaired) electrons. The first-order chi connectivity index (χ1) is 9.63. The molecule has 0 amide bonds. The first-order valence-corrected chi connectivity index (χ1v) is 7.08. The summed E-state index contributed by atoms with van der Waals surface area (Å²) >= 11 is 0. The van der Waals surface area contributed by atoms with Crippen molar-refractivity contribution in [2.45, 2.75) is 13.3 Å². The van der Waals surface area contributed by atoms with Gasteiger partial charge in [-0.2, -0.15) is 0 Å². The quantitative estimate of drug-likeness (QED) is 0.634. The third-order valence-corrected chi connectivity index (χ3v) is 3.87. The van der Waals surface area contributed by atoms with Gasteiger partial charge in [0, 0.05) is 24.5 Å². The summed E-state index contributed by atoms with van der Waals surface area (Å²) in [6, 6.07) is 5.39. The molecule has 0 bridgehead atoms. The third kappa shape index (κ3) is 3.42. The Kier molecular flexibility index (Phi) is 4.84. The fourth-order valence-electron chi connectivity index (χ4n) is 2.58. The summed E-state index contributed by atoms with van der Waals surface area (Å²) in [4.78, 5) is 14.0. The van der Waals surface area contributed by atoms with Gasteiger partial charge >= 0.3 is 5.97 Å². The molecule has 5 heteroatoms. The Hall–Kier alpha value is -1.75. The minimum Gasteiger partial charge on any atom is -0.465 e. The molecule has 1 aromatic carbocycles. The summed E-state index contributed by atoms with van der Waals surface area (Å²) in [5.41, 5.74) is 7.56. The van der Waals surface area contributed by atoms with Crippen molar-refractivity contribution in [2.24, 2.45) is 5.92 Å². The molecule has 2 rings (SSSR count). The molecule has 1 atom stereocenters. The van der Waals surface area contributed by atoms with Crippen LogP contribution in [0.5, 0.6) is 0 Å². The van der Waals surface area contributed by atoms with E-state index in [9.17, 15) is 4.79 Å². The maximum Gasteiger partial charge on any atom is 0.340 e. The van der Waals surface area contributed by atoms with Crippen LogP contribution in [0.4, 0.5) is 11.4 Å². The van der Waals surface area contributed by atoms with Gasteiger partial charge in [-0.15, -0.1) is 0 Å². The van der Waals surface area contributed by atoms with Crippen molar-refractivity contribution in [1.82, 2.24) is 4.90 Å². The maximum atomic E-state index is 11.6. The second-order valence-electron chi connectivity index (χ2n) is 5.22. The molecule has 5 nitrogen and oxygen atoms in total. The zero-order valence-electron chi connectivity index (χ0n) is 12.2. The molecule has 110 valence electrons. The molecule has 1 aromatic rings. The SMILES string of the molecule is CCN1CCC(CNc2ccc(N)c(C(=O)OC)c2)C1. The highest BCUT2D eigenvalue weighted by Crippen LogP contribution is 2.21. The largest absolute Gasteiger partial charge is 0.465 e. The Labute approximate surface area is 120 Å². The van der Waals surface area contributed by atoms with Gasteiger partial charge in [0.15, 0.2) is 0 Å². The molecular formula is C15H23N3O2. The summed E-state index contributed by atoms with van der Waals surface area (Å²) in [5, 5.41) is 3.39. The third-order valence-electron chi connectivity index (χ3n) is 3.87. The summed E-state index contributed by atoms with van der Waals surface area (Å²) in [6.45, 7) is 6.55. The molecule has 1 saturated heterocycles. The number of esters is 1. The predicted octanol–water partition coefficient (Wildman–Crippen LogP) is 1.81. The number of nitrogen functional groups attached to an aromatic ring is 1. The van der Waals surface area contributed by atoms with Crippen LogP contribution in [0.1, 0.15) is 23.7 Å². The van der Waals surface area contributed by atoms with Gasteiger partial charge in [0.05, 0.1) is 12.7 Å². The molecule has 3 N–H and O–H groups in total. The number of rotatable bonds is 5. The van der Waals surface area contributed by atoms with Gasteiger partial charge in [-0.25, -0.2) is 4.79 Å². The Morgan fingerprint density at radius 2 is 2.35 bits per heavy atom. The molecule has 20 heavy (non-hydrogen) atoms. The van der Waals surface area contributed by atoms with Crippen LogP contribution >= 0.6 is 0 Å². The van der Waals surface area contributed by atoms with Crippen molar-refractivity contribution in [3.05, 3.63) is 23.8 Å². The van der Waals surface area contributed by atoms with Gasteiger partial charge in [-0.3, -0.25) is 0 Å². The van der Waals surface area contributed by atoms with Crippen LogP contribution in [0.15, 0.2) is 18.2 Å². The van der Waals surface area contributed by atoms with Gasteiger partial charge in [0.25, 0.3) is 0 Å². The number of hydrogen-bond donors (Lipinski definition) is 2. The number of carbonyl (C=O) groups is 1. The highest BCUT2D eigenvalue weighted by atomic mass is 16.5. The van der Waals surface area contributed by atoms with Crippen LogP contribution in [0.25, 0.3) is 0 Å². The average Bonchev–Trinajstić information content (AvgIpc) is 2.93. The second-order valence-corrected chi connectivity index (χ2v) is 5.22. The van der Waals surface area contributed by atoms with Gasteiger partial charge in [-0.1, -0.05) is 6.92 Å².